The molecule has 0 bridgehead atoms. The molecule has 0 saturated carbocycles. The number of esters is 1. The molecule has 3 nitrogen and oxygen atoms in total. The first kappa shape index (κ1) is 11.2. The molecule has 0 unspecified atom stereocenters. The lowest BCUT2D eigenvalue weighted by Gasteiger charge is -1.98. The van der Waals surface area contributed by atoms with Crippen molar-refractivity contribution in [3.8, 4) is 0 Å². The van der Waals surface area contributed by atoms with E-state index in [1.54, 1.807) is 18.2 Å². The molecule has 0 aromatic heterocycles. The van der Waals surface area contributed by atoms with Crippen LogP contribution in [0.4, 0.5) is 10.1 Å². The number of rotatable bonds is 3. The van der Waals surface area contributed by atoms with E-state index in [2.05, 4.69) is 4.74 Å². The van der Waals surface area contributed by atoms with Gasteiger partial charge in [-0.25, -0.2) is 4.39 Å². The summed E-state index contributed by atoms with van der Waals surface area (Å²) in [4.78, 5) is 10.8. The Morgan fingerprint density at radius 2 is 2.33 bits per heavy atom. The SMILES string of the molecule is COC(=O)CC=Cc1ccc(F)c(N)c1. The van der Waals surface area contributed by atoms with Gasteiger partial charge in [0, 0.05) is 0 Å². The van der Waals surface area contributed by atoms with Gasteiger partial charge in [-0.15, -0.1) is 0 Å². The molecule has 0 heterocycles. The quantitative estimate of drug-likeness (QED) is 0.611. The van der Waals surface area contributed by atoms with E-state index in [0.717, 1.165) is 5.56 Å². The van der Waals surface area contributed by atoms with E-state index >= 15 is 0 Å². The number of anilines is 1. The molecule has 0 aliphatic carbocycles. The van der Waals surface area contributed by atoms with Crippen LogP contribution >= 0.6 is 0 Å². The molecule has 0 atom stereocenters. The second-order valence-corrected chi connectivity index (χ2v) is 2.96. The van der Waals surface area contributed by atoms with E-state index in [-0.39, 0.29) is 18.1 Å². The number of carbonyl (C=O) groups is 1. The molecule has 0 aliphatic heterocycles. The molecule has 1 rings (SSSR count). The first-order valence-electron chi connectivity index (χ1n) is 4.42. The van der Waals surface area contributed by atoms with Crippen LogP contribution in [-0.2, 0) is 9.53 Å². The summed E-state index contributed by atoms with van der Waals surface area (Å²) in [7, 11) is 1.33. The summed E-state index contributed by atoms with van der Waals surface area (Å²) >= 11 is 0. The van der Waals surface area contributed by atoms with Crippen LogP contribution in [0.15, 0.2) is 24.3 Å². The van der Waals surface area contributed by atoms with Gasteiger partial charge in [0.2, 0.25) is 0 Å². The second-order valence-electron chi connectivity index (χ2n) is 2.96. The Morgan fingerprint density at radius 1 is 1.60 bits per heavy atom. The van der Waals surface area contributed by atoms with Crippen molar-refractivity contribution in [1.29, 1.82) is 0 Å². The molecule has 80 valence electrons. The third kappa shape index (κ3) is 3.42. The van der Waals surface area contributed by atoms with Crippen molar-refractivity contribution in [2.75, 3.05) is 12.8 Å². The van der Waals surface area contributed by atoms with Gasteiger partial charge in [0.15, 0.2) is 0 Å². The molecule has 1 aromatic carbocycles. The lowest BCUT2D eigenvalue weighted by Crippen LogP contribution is -1.96. The van der Waals surface area contributed by atoms with Gasteiger partial charge in [0.25, 0.3) is 0 Å². The molecular formula is C11H12FNO2. The molecule has 2 N–H and O–H groups in total. The van der Waals surface area contributed by atoms with Crippen molar-refractivity contribution < 1.29 is 13.9 Å². The highest BCUT2D eigenvalue weighted by atomic mass is 19.1. The number of halogens is 1. The van der Waals surface area contributed by atoms with Crippen LogP contribution in [0, 0.1) is 5.82 Å². The molecule has 0 radical (unpaired) electrons. The molecule has 1 aromatic rings. The second kappa shape index (κ2) is 5.14. The summed E-state index contributed by atoms with van der Waals surface area (Å²) in [6, 6.07) is 4.37. The summed E-state index contributed by atoms with van der Waals surface area (Å²) in [5, 5.41) is 0. The first-order valence-corrected chi connectivity index (χ1v) is 4.42. The fourth-order valence-corrected chi connectivity index (χ4v) is 1.04. The highest BCUT2D eigenvalue weighted by Gasteiger charge is 1.97. The highest BCUT2D eigenvalue weighted by Crippen LogP contribution is 2.13. The summed E-state index contributed by atoms with van der Waals surface area (Å²) in [5.74, 6) is -0.763. The molecule has 0 aliphatic rings. The summed E-state index contributed by atoms with van der Waals surface area (Å²) in [5.41, 5.74) is 6.22. The van der Waals surface area contributed by atoms with Crippen LogP contribution in [0.3, 0.4) is 0 Å². The molecule has 0 amide bonds. The summed E-state index contributed by atoms with van der Waals surface area (Å²) in [6.45, 7) is 0. The van der Waals surface area contributed by atoms with E-state index in [0.29, 0.717) is 0 Å². The lowest BCUT2D eigenvalue weighted by molar-refractivity contribution is -0.139. The van der Waals surface area contributed by atoms with Crippen LogP contribution in [0.25, 0.3) is 6.08 Å². The van der Waals surface area contributed by atoms with Crippen LogP contribution < -0.4 is 5.73 Å². The average Bonchev–Trinajstić information content (AvgIpc) is 2.23. The van der Waals surface area contributed by atoms with E-state index in [9.17, 15) is 9.18 Å². The standard InChI is InChI=1S/C11H12FNO2/c1-15-11(14)4-2-3-8-5-6-9(12)10(13)7-8/h2-3,5-7H,4,13H2,1H3. The molecule has 4 heteroatoms. The monoisotopic (exact) mass is 209 g/mol. The maximum absolute atomic E-state index is 12.8. The number of nitrogen functional groups attached to an aromatic ring is 1. The van der Waals surface area contributed by atoms with Crippen LogP contribution in [0.1, 0.15) is 12.0 Å². The Morgan fingerprint density at radius 3 is 2.93 bits per heavy atom. The molecule has 0 saturated heterocycles. The Balaban J connectivity index is 2.65. The largest absolute Gasteiger partial charge is 0.469 e. The molecule has 0 fully saturated rings. The van der Waals surface area contributed by atoms with Gasteiger partial charge < -0.3 is 10.5 Å². The predicted octanol–water partition coefficient (Wildman–Crippen LogP) is 1.98. The van der Waals surface area contributed by atoms with Crippen molar-refractivity contribution in [3.63, 3.8) is 0 Å². The van der Waals surface area contributed by atoms with E-state index in [1.807, 2.05) is 0 Å². The minimum Gasteiger partial charge on any atom is -0.469 e. The fraction of sp³-hybridized carbons (Fsp3) is 0.182. The van der Waals surface area contributed by atoms with Gasteiger partial charge in [-0.3, -0.25) is 4.79 Å². The molecule has 0 spiro atoms. The van der Waals surface area contributed by atoms with E-state index in [1.165, 1.54) is 19.2 Å². The minimum absolute atomic E-state index is 0.0928. The number of benzene rings is 1. The number of carbonyl (C=O) groups excluding carboxylic acids is 1. The van der Waals surface area contributed by atoms with Gasteiger partial charge >= 0.3 is 5.97 Å². The number of ether oxygens (including phenoxy) is 1. The van der Waals surface area contributed by atoms with Gasteiger partial charge in [-0.2, -0.15) is 0 Å². The Hall–Kier alpha value is -1.84. The zero-order chi connectivity index (χ0) is 11.3. The number of hydrogen-bond donors (Lipinski definition) is 1. The normalized spacial score (nSPS) is 10.5. The molecule has 15 heavy (non-hydrogen) atoms. The van der Waals surface area contributed by atoms with Crippen molar-refractivity contribution in [2.45, 2.75) is 6.42 Å². The van der Waals surface area contributed by atoms with Crippen LogP contribution in [0.2, 0.25) is 0 Å². The van der Waals surface area contributed by atoms with Crippen LogP contribution in [0.5, 0.6) is 0 Å². The van der Waals surface area contributed by atoms with Crippen molar-refractivity contribution in [3.05, 3.63) is 35.7 Å². The molecular weight excluding hydrogens is 197 g/mol. The Labute approximate surface area is 87.3 Å². The Bertz CT molecular complexity index is 388. The van der Waals surface area contributed by atoms with Gasteiger partial charge in [-0.05, 0) is 17.7 Å². The number of methoxy groups -OCH3 is 1. The number of hydrogen-bond acceptors (Lipinski definition) is 3. The maximum Gasteiger partial charge on any atom is 0.309 e. The maximum atomic E-state index is 12.8. The van der Waals surface area contributed by atoms with Gasteiger partial charge in [0.05, 0.1) is 19.2 Å². The van der Waals surface area contributed by atoms with Crippen molar-refractivity contribution >= 4 is 17.7 Å². The van der Waals surface area contributed by atoms with Crippen molar-refractivity contribution in [2.24, 2.45) is 0 Å². The minimum atomic E-state index is -0.444. The summed E-state index contributed by atoms with van der Waals surface area (Å²) < 4.78 is 17.2. The fourth-order valence-electron chi connectivity index (χ4n) is 1.04. The predicted molar refractivity (Wildman–Crippen MR) is 56.5 cm³/mol. The first-order chi connectivity index (χ1) is 7.13. The smallest absolute Gasteiger partial charge is 0.309 e. The zero-order valence-electron chi connectivity index (χ0n) is 8.37. The lowest BCUT2D eigenvalue weighted by atomic mass is 10.1. The van der Waals surface area contributed by atoms with E-state index < -0.39 is 5.82 Å². The Kier molecular flexibility index (Phi) is 3.85. The van der Waals surface area contributed by atoms with Gasteiger partial charge in [0.1, 0.15) is 5.82 Å². The van der Waals surface area contributed by atoms with E-state index in [4.69, 9.17) is 5.73 Å². The zero-order valence-corrected chi connectivity index (χ0v) is 8.37. The number of nitrogens with two attached hydrogens (primary N) is 1. The van der Waals surface area contributed by atoms with Crippen molar-refractivity contribution in [1.82, 2.24) is 0 Å². The third-order valence-electron chi connectivity index (χ3n) is 1.84. The average molecular weight is 209 g/mol. The van der Waals surface area contributed by atoms with Gasteiger partial charge in [-0.1, -0.05) is 18.2 Å². The topological polar surface area (TPSA) is 52.3 Å². The third-order valence-corrected chi connectivity index (χ3v) is 1.84. The highest BCUT2D eigenvalue weighted by molar-refractivity contribution is 5.72. The van der Waals surface area contributed by atoms with Crippen LogP contribution in [-0.4, -0.2) is 13.1 Å². The summed E-state index contributed by atoms with van der Waals surface area (Å²) in [6.07, 6.45) is 3.51.